The quantitative estimate of drug-likeness (QED) is 0.445. The highest BCUT2D eigenvalue weighted by Gasteiger charge is 2.41. The van der Waals surface area contributed by atoms with Crippen LogP contribution in [0.15, 0.2) is 0 Å². The predicted octanol–water partition coefficient (Wildman–Crippen LogP) is 3.78. The lowest BCUT2D eigenvalue weighted by Crippen LogP contribution is -2.49. The van der Waals surface area contributed by atoms with Crippen molar-refractivity contribution < 1.29 is 18.7 Å². The van der Waals surface area contributed by atoms with Gasteiger partial charge in [0.15, 0.2) is 0 Å². The van der Waals surface area contributed by atoms with Crippen molar-refractivity contribution in [3.8, 4) is 0 Å². The van der Waals surface area contributed by atoms with Gasteiger partial charge in [-0.05, 0) is 36.5 Å². The molecule has 2 unspecified atom stereocenters. The fraction of sp³-hybridized carbons (Fsp3) is 0.875. The maximum absolute atomic E-state index is 12.6. The van der Waals surface area contributed by atoms with Gasteiger partial charge in [0.25, 0.3) is 0 Å². The molecule has 128 valence electrons. The summed E-state index contributed by atoms with van der Waals surface area (Å²) in [5.41, 5.74) is -0.216. The number of hydrogen-bond acceptors (Lipinski definition) is 3. The summed E-state index contributed by atoms with van der Waals surface area (Å²) in [7, 11) is 0. The van der Waals surface area contributed by atoms with Crippen LogP contribution in [0.2, 0.25) is 0 Å². The van der Waals surface area contributed by atoms with Gasteiger partial charge in [0.2, 0.25) is 0 Å². The molecule has 6 heteroatoms. The summed E-state index contributed by atoms with van der Waals surface area (Å²) >= 11 is 0. The number of hydrogen-bond donors (Lipinski definition) is 2. The zero-order valence-corrected chi connectivity index (χ0v) is 14.1. The van der Waals surface area contributed by atoms with E-state index in [0.29, 0.717) is 19.6 Å². The number of nitrogens with one attached hydrogen (secondary N) is 2. The summed E-state index contributed by atoms with van der Waals surface area (Å²) in [5.74, 6) is 0. The molecule has 0 heterocycles. The summed E-state index contributed by atoms with van der Waals surface area (Å²) < 4.78 is 17.7. The van der Waals surface area contributed by atoms with Crippen LogP contribution in [-0.4, -0.2) is 31.4 Å². The Labute approximate surface area is 132 Å². The Bertz CT molecular complexity index is 401. The molecule has 1 fully saturated rings. The van der Waals surface area contributed by atoms with Gasteiger partial charge in [0.05, 0.1) is 6.61 Å². The third kappa shape index (κ3) is 6.62. The van der Waals surface area contributed by atoms with Crippen molar-refractivity contribution in [1.82, 2.24) is 10.6 Å². The molecule has 2 N–H and O–H groups in total. The zero-order chi connectivity index (χ0) is 16.8. The van der Waals surface area contributed by atoms with Gasteiger partial charge in [-0.2, -0.15) is 0 Å². The van der Waals surface area contributed by atoms with Crippen molar-refractivity contribution in [2.45, 2.75) is 65.8 Å². The minimum atomic E-state index is -1.49. The molecular weight excluding hydrogens is 287 g/mol. The second kappa shape index (κ2) is 7.79. The van der Waals surface area contributed by atoms with Gasteiger partial charge < -0.3 is 15.4 Å². The SMILES string of the molecule is CCCCOC(=O)NCC1(C)CC(NC(=O)F)CC(C)(C)C1. The summed E-state index contributed by atoms with van der Waals surface area (Å²) in [4.78, 5) is 22.3. The topological polar surface area (TPSA) is 67.4 Å². The van der Waals surface area contributed by atoms with Crippen LogP contribution in [0.1, 0.15) is 59.8 Å². The largest absolute Gasteiger partial charge is 0.450 e. The van der Waals surface area contributed by atoms with Crippen molar-refractivity contribution in [2.75, 3.05) is 13.2 Å². The second-order valence-electron chi connectivity index (χ2n) is 7.52. The summed E-state index contributed by atoms with van der Waals surface area (Å²) in [5, 5.41) is 5.17. The van der Waals surface area contributed by atoms with Gasteiger partial charge >= 0.3 is 12.3 Å². The number of halogens is 1. The lowest BCUT2D eigenvalue weighted by molar-refractivity contribution is 0.0682. The Morgan fingerprint density at radius 3 is 2.55 bits per heavy atom. The molecule has 0 radical (unpaired) electrons. The fourth-order valence-corrected chi connectivity index (χ4v) is 3.68. The van der Waals surface area contributed by atoms with E-state index in [0.717, 1.165) is 25.7 Å². The number of rotatable bonds is 6. The van der Waals surface area contributed by atoms with E-state index in [1.54, 1.807) is 0 Å². The minimum absolute atomic E-state index is 0.0199. The molecule has 2 amide bonds. The predicted molar refractivity (Wildman–Crippen MR) is 83.4 cm³/mol. The van der Waals surface area contributed by atoms with Crippen LogP contribution in [0.5, 0.6) is 0 Å². The van der Waals surface area contributed by atoms with Crippen LogP contribution >= 0.6 is 0 Å². The maximum Gasteiger partial charge on any atom is 0.407 e. The molecule has 0 aliphatic heterocycles. The minimum Gasteiger partial charge on any atom is -0.450 e. The molecule has 0 spiro atoms. The first-order valence-electron chi connectivity index (χ1n) is 8.02. The van der Waals surface area contributed by atoms with E-state index in [2.05, 4.69) is 31.4 Å². The maximum atomic E-state index is 12.6. The normalized spacial score (nSPS) is 27.0. The third-order valence-corrected chi connectivity index (χ3v) is 4.15. The first kappa shape index (κ1) is 18.7. The van der Waals surface area contributed by atoms with Crippen LogP contribution in [-0.2, 0) is 4.74 Å². The molecule has 5 nitrogen and oxygen atoms in total. The number of unbranched alkanes of at least 4 members (excludes halogenated alkanes) is 1. The Kier molecular flexibility index (Phi) is 6.63. The Hall–Kier alpha value is -1.33. The average Bonchev–Trinajstić information content (AvgIpc) is 2.33. The molecule has 0 aromatic heterocycles. The molecule has 0 aromatic rings. The number of carbonyl (C=O) groups is 2. The van der Waals surface area contributed by atoms with Crippen molar-refractivity contribution in [3.63, 3.8) is 0 Å². The van der Waals surface area contributed by atoms with E-state index in [9.17, 15) is 14.0 Å². The molecule has 0 saturated heterocycles. The number of alkyl carbamates (subject to hydrolysis) is 1. The average molecular weight is 316 g/mol. The second-order valence-corrected chi connectivity index (χ2v) is 7.52. The first-order chi connectivity index (χ1) is 10.2. The smallest absolute Gasteiger partial charge is 0.407 e. The monoisotopic (exact) mass is 316 g/mol. The third-order valence-electron chi connectivity index (χ3n) is 4.15. The molecule has 2 atom stereocenters. The molecule has 1 rings (SSSR count). The van der Waals surface area contributed by atoms with Crippen LogP contribution < -0.4 is 10.6 Å². The van der Waals surface area contributed by atoms with Crippen molar-refractivity contribution in [1.29, 1.82) is 0 Å². The molecule has 22 heavy (non-hydrogen) atoms. The van der Waals surface area contributed by atoms with Crippen LogP contribution in [0.4, 0.5) is 14.0 Å². The summed E-state index contributed by atoms with van der Waals surface area (Å²) in [6.07, 6.45) is 2.20. The van der Waals surface area contributed by atoms with Crippen molar-refractivity contribution >= 4 is 12.3 Å². The number of amides is 2. The van der Waals surface area contributed by atoms with Gasteiger partial charge in [0.1, 0.15) is 0 Å². The van der Waals surface area contributed by atoms with Crippen LogP contribution in [0, 0.1) is 10.8 Å². The van der Waals surface area contributed by atoms with E-state index in [1.807, 2.05) is 6.92 Å². The first-order valence-corrected chi connectivity index (χ1v) is 8.02. The molecule has 0 bridgehead atoms. The van der Waals surface area contributed by atoms with E-state index in [1.165, 1.54) is 0 Å². The molecule has 1 saturated carbocycles. The Balaban J connectivity index is 2.54. The number of carbonyl (C=O) groups excluding carboxylic acids is 2. The zero-order valence-electron chi connectivity index (χ0n) is 14.1. The molecule has 1 aliphatic rings. The fourth-order valence-electron chi connectivity index (χ4n) is 3.68. The van der Waals surface area contributed by atoms with Crippen LogP contribution in [0.25, 0.3) is 0 Å². The molecular formula is C16H29FN2O3. The molecule has 0 aromatic carbocycles. The van der Waals surface area contributed by atoms with Crippen LogP contribution in [0.3, 0.4) is 0 Å². The highest BCUT2D eigenvalue weighted by atomic mass is 19.1. The standard InChI is InChI=1S/C16H29FN2O3/c1-5-6-7-22-14(21)18-11-16(4)9-12(19-13(17)20)8-15(2,3)10-16/h12H,5-11H2,1-4H3,(H,18,21)(H,19,20). The highest BCUT2D eigenvalue weighted by molar-refractivity contribution is 5.67. The van der Waals surface area contributed by atoms with E-state index < -0.39 is 12.3 Å². The lowest BCUT2D eigenvalue weighted by Gasteiger charge is -2.46. The Morgan fingerprint density at radius 2 is 1.95 bits per heavy atom. The van der Waals surface area contributed by atoms with Gasteiger partial charge in [-0.15, -0.1) is 4.39 Å². The van der Waals surface area contributed by atoms with E-state index >= 15 is 0 Å². The highest BCUT2D eigenvalue weighted by Crippen LogP contribution is 2.45. The number of ether oxygens (including phenoxy) is 1. The van der Waals surface area contributed by atoms with E-state index in [4.69, 9.17) is 4.74 Å². The van der Waals surface area contributed by atoms with Crippen molar-refractivity contribution in [2.24, 2.45) is 10.8 Å². The van der Waals surface area contributed by atoms with Crippen molar-refractivity contribution in [3.05, 3.63) is 0 Å². The Morgan fingerprint density at radius 1 is 1.27 bits per heavy atom. The van der Waals surface area contributed by atoms with Gasteiger partial charge in [-0.1, -0.05) is 34.1 Å². The molecule has 1 aliphatic carbocycles. The van der Waals surface area contributed by atoms with Gasteiger partial charge in [-0.3, -0.25) is 0 Å². The van der Waals surface area contributed by atoms with E-state index in [-0.39, 0.29) is 16.9 Å². The van der Waals surface area contributed by atoms with Gasteiger partial charge in [0, 0.05) is 12.6 Å². The lowest BCUT2D eigenvalue weighted by atomic mass is 9.62. The summed E-state index contributed by atoms with van der Waals surface area (Å²) in [6, 6.07) is -0.204. The summed E-state index contributed by atoms with van der Waals surface area (Å²) in [6.45, 7) is 9.16. The van der Waals surface area contributed by atoms with Gasteiger partial charge in [-0.25, -0.2) is 9.59 Å².